The number of fused-ring (bicyclic) bond motifs is 1. The molecular formula is C8H12O2. The molecule has 3 atom stereocenters. The van der Waals surface area contributed by atoms with Crippen molar-refractivity contribution in [2.75, 3.05) is 6.61 Å². The SMILES string of the molecule is OC1OC[C@@H]2CC=CC[C@H]12. The Morgan fingerprint density at radius 2 is 2.10 bits per heavy atom. The Morgan fingerprint density at radius 1 is 1.30 bits per heavy atom. The van der Waals surface area contributed by atoms with Gasteiger partial charge in [0.05, 0.1) is 6.61 Å². The van der Waals surface area contributed by atoms with E-state index in [1.807, 2.05) is 0 Å². The first-order chi connectivity index (χ1) is 4.88. The first-order valence-corrected chi connectivity index (χ1v) is 3.82. The molecule has 2 rings (SSSR count). The molecule has 0 aromatic rings. The maximum atomic E-state index is 9.27. The minimum absolute atomic E-state index is 0.380. The van der Waals surface area contributed by atoms with E-state index in [2.05, 4.69) is 12.2 Å². The molecule has 0 saturated carbocycles. The summed E-state index contributed by atoms with van der Waals surface area (Å²) in [5, 5.41) is 9.27. The molecule has 2 nitrogen and oxygen atoms in total. The van der Waals surface area contributed by atoms with E-state index in [1.54, 1.807) is 0 Å². The highest BCUT2D eigenvalue weighted by Gasteiger charge is 2.35. The summed E-state index contributed by atoms with van der Waals surface area (Å²) in [6.07, 6.45) is 5.91. The zero-order valence-electron chi connectivity index (χ0n) is 5.86. The van der Waals surface area contributed by atoms with Gasteiger partial charge in [-0.05, 0) is 18.8 Å². The topological polar surface area (TPSA) is 29.5 Å². The van der Waals surface area contributed by atoms with Gasteiger partial charge in [-0.1, -0.05) is 12.2 Å². The molecule has 0 spiro atoms. The van der Waals surface area contributed by atoms with Crippen LogP contribution in [-0.4, -0.2) is 18.0 Å². The molecule has 1 N–H and O–H groups in total. The van der Waals surface area contributed by atoms with Crippen molar-refractivity contribution in [2.45, 2.75) is 19.1 Å². The molecule has 0 amide bonds. The smallest absolute Gasteiger partial charge is 0.158 e. The van der Waals surface area contributed by atoms with E-state index in [1.165, 1.54) is 0 Å². The van der Waals surface area contributed by atoms with Gasteiger partial charge in [-0.25, -0.2) is 0 Å². The van der Waals surface area contributed by atoms with Crippen LogP contribution in [0.1, 0.15) is 12.8 Å². The van der Waals surface area contributed by atoms with Crippen molar-refractivity contribution in [1.82, 2.24) is 0 Å². The van der Waals surface area contributed by atoms with Gasteiger partial charge in [0.2, 0.25) is 0 Å². The first kappa shape index (κ1) is 6.38. The average Bonchev–Trinajstić information content (AvgIpc) is 2.34. The Labute approximate surface area is 60.5 Å². The van der Waals surface area contributed by atoms with Crippen LogP contribution < -0.4 is 0 Å². The zero-order valence-corrected chi connectivity index (χ0v) is 5.86. The van der Waals surface area contributed by atoms with Gasteiger partial charge in [0.15, 0.2) is 6.29 Å². The van der Waals surface area contributed by atoms with Crippen LogP contribution in [-0.2, 0) is 4.74 Å². The number of rotatable bonds is 0. The van der Waals surface area contributed by atoms with Gasteiger partial charge in [0.25, 0.3) is 0 Å². The predicted molar refractivity (Wildman–Crippen MR) is 37.3 cm³/mol. The van der Waals surface area contributed by atoms with E-state index in [9.17, 15) is 5.11 Å². The van der Waals surface area contributed by atoms with Gasteiger partial charge in [-0.2, -0.15) is 0 Å². The maximum absolute atomic E-state index is 9.27. The van der Waals surface area contributed by atoms with E-state index in [4.69, 9.17) is 4.74 Å². The van der Waals surface area contributed by atoms with Crippen LogP contribution in [0.2, 0.25) is 0 Å². The molecular weight excluding hydrogens is 128 g/mol. The average molecular weight is 140 g/mol. The molecule has 2 heteroatoms. The lowest BCUT2D eigenvalue weighted by molar-refractivity contribution is -0.0816. The zero-order chi connectivity index (χ0) is 6.97. The molecule has 0 bridgehead atoms. The highest BCUT2D eigenvalue weighted by Crippen LogP contribution is 2.34. The Morgan fingerprint density at radius 3 is 2.90 bits per heavy atom. The highest BCUT2D eigenvalue weighted by molar-refractivity contribution is 4.97. The number of hydrogen-bond acceptors (Lipinski definition) is 2. The minimum atomic E-state index is -0.491. The van der Waals surface area contributed by atoms with Crippen LogP contribution in [0.15, 0.2) is 12.2 Å². The molecule has 1 unspecified atom stereocenters. The van der Waals surface area contributed by atoms with E-state index in [-0.39, 0.29) is 0 Å². The quantitative estimate of drug-likeness (QED) is 0.507. The summed E-state index contributed by atoms with van der Waals surface area (Å²) in [4.78, 5) is 0. The van der Waals surface area contributed by atoms with Gasteiger partial charge in [-0.3, -0.25) is 0 Å². The Balaban J connectivity index is 2.10. The molecule has 2 aliphatic rings. The molecule has 1 heterocycles. The fourth-order valence-corrected chi connectivity index (χ4v) is 1.78. The van der Waals surface area contributed by atoms with Crippen molar-refractivity contribution in [3.05, 3.63) is 12.2 Å². The fraction of sp³-hybridized carbons (Fsp3) is 0.750. The van der Waals surface area contributed by atoms with Gasteiger partial charge >= 0.3 is 0 Å². The molecule has 56 valence electrons. The van der Waals surface area contributed by atoms with Gasteiger partial charge in [0.1, 0.15) is 0 Å². The Kier molecular flexibility index (Phi) is 1.51. The van der Waals surface area contributed by atoms with Crippen molar-refractivity contribution in [3.63, 3.8) is 0 Å². The van der Waals surface area contributed by atoms with E-state index in [0.717, 1.165) is 19.4 Å². The van der Waals surface area contributed by atoms with Crippen LogP contribution in [0.3, 0.4) is 0 Å². The van der Waals surface area contributed by atoms with E-state index < -0.39 is 6.29 Å². The van der Waals surface area contributed by atoms with Crippen molar-refractivity contribution in [3.8, 4) is 0 Å². The Hall–Kier alpha value is -0.340. The number of aliphatic hydroxyl groups excluding tert-OH is 1. The van der Waals surface area contributed by atoms with Crippen molar-refractivity contribution in [1.29, 1.82) is 0 Å². The maximum Gasteiger partial charge on any atom is 0.158 e. The summed E-state index contributed by atoms with van der Waals surface area (Å²) in [6.45, 7) is 0.746. The van der Waals surface area contributed by atoms with Crippen LogP contribution in [0.4, 0.5) is 0 Å². The number of ether oxygens (including phenoxy) is 1. The third kappa shape index (κ3) is 0.879. The molecule has 10 heavy (non-hydrogen) atoms. The highest BCUT2D eigenvalue weighted by atomic mass is 16.6. The third-order valence-electron chi connectivity index (χ3n) is 2.47. The molecule has 1 saturated heterocycles. The second-order valence-corrected chi connectivity index (χ2v) is 3.09. The number of hydrogen-bond donors (Lipinski definition) is 1. The van der Waals surface area contributed by atoms with Gasteiger partial charge < -0.3 is 9.84 Å². The molecule has 0 radical (unpaired) electrons. The largest absolute Gasteiger partial charge is 0.368 e. The summed E-state index contributed by atoms with van der Waals surface area (Å²) in [6, 6.07) is 0. The number of allylic oxidation sites excluding steroid dienone is 2. The summed E-state index contributed by atoms with van der Waals surface area (Å²) >= 11 is 0. The standard InChI is InChI=1S/C8H12O2/c9-8-7-4-2-1-3-6(7)5-10-8/h1-2,6-9H,3-5H2/t6-,7-,8?/m0/s1. The van der Waals surface area contributed by atoms with Gasteiger partial charge in [0, 0.05) is 5.92 Å². The summed E-state index contributed by atoms with van der Waals surface area (Å²) in [5.74, 6) is 0.963. The normalized spacial score (nSPS) is 45.5. The van der Waals surface area contributed by atoms with Crippen LogP contribution in [0.25, 0.3) is 0 Å². The van der Waals surface area contributed by atoms with Crippen LogP contribution in [0, 0.1) is 11.8 Å². The van der Waals surface area contributed by atoms with E-state index >= 15 is 0 Å². The Bertz CT molecular complexity index is 153. The molecule has 1 aliphatic carbocycles. The van der Waals surface area contributed by atoms with Crippen molar-refractivity contribution >= 4 is 0 Å². The van der Waals surface area contributed by atoms with Crippen LogP contribution >= 0.6 is 0 Å². The minimum Gasteiger partial charge on any atom is -0.368 e. The second kappa shape index (κ2) is 2.36. The predicted octanol–water partition coefficient (Wildman–Crippen LogP) is 0.917. The van der Waals surface area contributed by atoms with Crippen molar-refractivity contribution in [2.24, 2.45) is 11.8 Å². The number of aliphatic hydroxyl groups is 1. The lowest BCUT2D eigenvalue weighted by Gasteiger charge is -2.19. The second-order valence-electron chi connectivity index (χ2n) is 3.09. The molecule has 0 aromatic carbocycles. The molecule has 1 fully saturated rings. The molecule has 0 aromatic heterocycles. The third-order valence-corrected chi connectivity index (χ3v) is 2.47. The summed E-state index contributed by atoms with van der Waals surface area (Å²) in [7, 11) is 0. The van der Waals surface area contributed by atoms with E-state index in [0.29, 0.717) is 11.8 Å². The first-order valence-electron chi connectivity index (χ1n) is 3.82. The molecule has 1 aliphatic heterocycles. The fourth-order valence-electron chi connectivity index (χ4n) is 1.78. The summed E-state index contributed by atoms with van der Waals surface area (Å²) in [5.41, 5.74) is 0. The summed E-state index contributed by atoms with van der Waals surface area (Å²) < 4.78 is 5.12. The van der Waals surface area contributed by atoms with Crippen LogP contribution in [0.5, 0.6) is 0 Å². The van der Waals surface area contributed by atoms with Gasteiger partial charge in [-0.15, -0.1) is 0 Å². The lowest BCUT2D eigenvalue weighted by Crippen LogP contribution is -2.20. The lowest BCUT2D eigenvalue weighted by atomic mass is 9.85. The van der Waals surface area contributed by atoms with Crippen molar-refractivity contribution < 1.29 is 9.84 Å². The monoisotopic (exact) mass is 140 g/mol.